The maximum absolute atomic E-state index is 12.2. The number of hydrogen-bond acceptors (Lipinski definition) is 3. The van der Waals surface area contributed by atoms with Crippen LogP contribution in [0.3, 0.4) is 0 Å². The summed E-state index contributed by atoms with van der Waals surface area (Å²) in [5.74, 6) is 0.531. The van der Waals surface area contributed by atoms with E-state index in [1.165, 1.54) is 0 Å². The highest BCUT2D eigenvalue weighted by Gasteiger charge is 2.04. The van der Waals surface area contributed by atoms with Crippen molar-refractivity contribution in [2.24, 2.45) is 0 Å². The van der Waals surface area contributed by atoms with E-state index in [1.54, 1.807) is 36.7 Å². The molecule has 1 aromatic heterocycles. The Morgan fingerprint density at radius 3 is 2.65 bits per heavy atom. The summed E-state index contributed by atoms with van der Waals surface area (Å²) in [6, 6.07) is 7.03. The summed E-state index contributed by atoms with van der Waals surface area (Å²) in [7, 11) is 0. The minimum Gasteiger partial charge on any atom is -0.424 e. The molecule has 17 heavy (non-hydrogen) atoms. The zero-order valence-corrected chi connectivity index (χ0v) is 9.69. The van der Waals surface area contributed by atoms with E-state index in [1.807, 2.05) is 0 Å². The van der Waals surface area contributed by atoms with E-state index >= 15 is 0 Å². The Morgan fingerprint density at radius 1 is 1.24 bits per heavy atom. The van der Waals surface area contributed by atoms with Crippen LogP contribution in [0, 0.1) is 0 Å². The number of nitrogens with zero attached hydrogens (tertiary/aromatic N) is 2. The van der Waals surface area contributed by atoms with E-state index in [9.17, 15) is 4.39 Å². The minimum absolute atomic E-state index is 0.252. The molecule has 0 unspecified atom stereocenters. The van der Waals surface area contributed by atoms with E-state index in [0.29, 0.717) is 17.2 Å². The molecular formula is C12H10ClFN2O. The highest BCUT2D eigenvalue weighted by molar-refractivity contribution is 6.31. The molecule has 0 aliphatic heterocycles. The highest BCUT2D eigenvalue weighted by Crippen LogP contribution is 2.25. The lowest BCUT2D eigenvalue weighted by atomic mass is 10.1. The van der Waals surface area contributed by atoms with Crippen molar-refractivity contribution >= 4 is 11.6 Å². The van der Waals surface area contributed by atoms with Gasteiger partial charge in [-0.25, -0.2) is 9.97 Å². The van der Waals surface area contributed by atoms with Crippen LogP contribution < -0.4 is 4.74 Å². The number of hydrogen-bond donors (Lipinski definition) is 0. The number of halogens is 2. The van der Waals surface area contributed by atoms with E-state index in [4.69, 9.17) is 16.3 Å². The number of benzene rings is 1. The molecule has 0 aliphatic carbocycles. The van der Waals surface area contributed by atoms with Gasteiger partial charge in [0, 0.05) is 23.8 Å². The zero-order valence-electron chi connectivity index (χ0n) is 8.94. The van der Waals surface area contributed by atoms with Crippen molar-refractivity contribution in [2.45, 2.75) is 6.42 Å². The van der Waals surface area contributed by atoms with Crippen molar-refractivity contribution in [1.82, 2.24) is 9.97 Å². The van der Waals surface area contributed by atoms with Crippen LogP contribution in [-0.4, -0.2) is 16.6 Å². The average Bonchev–Trinajstić information content (AvgIpc) is 2.34. The largest absolute Gasteiger partial charge is 0.424 e. The van der Waals surface area contributed by atoms with Crippen molar-refractivity contribution in [3.8, 4) is 11.8 Å². The van der Waals surface area contributed by atoms with Crippen molar-refractivity contribution in [2.75, 3.05) is 6.67 Å². The summed E-state index contributed by atoms with van der Waals surface area (Å²) in [6.45, 7) is -0.429. The molecule has 0 fully saturated rings. The Morgan fingerprint density at radius 2 is 2.00 bits per heavy atom. The summed E-state index contributed by atoms with van der Waals surface area (Å²) in [5, 5.41) is 0.482. The normalized spacial score (nSPS) is 10.2. The fraction of sp³-hybridized carbons (Fsp3) is 0.167. The Balaban J connectivity index is 2.15. The first-order chi connectivity index (χ1) is 8.29. The molecule has 0 saturated carbocycles. The topological polar surface area (TPSA) is 35.0 Å². The standard InChI is InChI=1S/C12H10ClFN2O/c13-11-8-10(3-2-9(11)4-5-14)17-12-15-6-1-7-16-12/h1-3,6-8H,4-5H2. The summed E-state index contributed by atoms with van der Waals surface area (Å²) in [5.41, 5.74) is 0.760. The van der Waals surface area contributed by atoms with E-state index in [2.05, 4.69) is 9.97 Å². The number of ether oxygens (including phenoxy) is 1. The number of rotatable bonds is 4. The van der Waals surface area contributed by atoms with Crippen LogP contribution in [0.2, 0.25) is 5.02 Å². The van der Waals surface area contributed by atoms with Crippen LogP contribution in [0.15, 0.2) is 36.7 Å². The van der Waals surface area contributed by atoms with Gasteiger partial charge in [-0.1, -0.05) is 17.7 Å². The van der Waals surface area contributed by atoms with Gasteiger partial charge in [-0.15, -0.1) is 0 Å². The van der Waals surface area contributed by atoms with Crippen LogP contribution in [0.1, 0.15) is 5.56 Å². The molecule has 0 spiro atoms. The molecule has 0 radical (unpaired) electrons. The SMILES string of the molecule is FCCc1ccc(Oc2ncccn2)cc1Cl. The maximum atomic E-state index is 12.2. The first-order valence-electron chi connectivity index (χ1n) is 5.09. The monoisotopic (exact) mass is 252 g/mol. The van der Waals surface area contributed by atoms with E-state index in [-0.39, 0.29) is 6.01 Å². The average molecular weight is 253 g/mol. The Labute approximate surface area is 103 Å². The number of aryl methyl sites for hydroxylation is 1. The first-order valence-corrected chi connectivity index (χ1v) is 5.46. The molecule has 2 aromatic rings. The quantitative estimate of drug-likeness (QED) is 0.836. The van der Waals surface area contributed by atoms with Crippen LogP contribution in [0.25, 0.3) is 0 Å². The third kappa shape index (κ3) is 3.14. The molecule has 0 bridgehead atoms. The van der Waals surface area contributed by atoms with Crippen molar-refractivity contribution in [1.29, 1.82) is 0 Å². The third-order valence-corrected chi connectivity index (χ3v) is 2.49. The summed E-state index contributed by atoms with van der Waals surface area (Å²) >= 11 is 5.99. The predicted molar refractivity (Wildman–Crippen MR) is 63.2 cm³/mol. The van der Waals surface area contributed by atoms with Gasteiger partial charge in [-0.05, 0) is 23.8 Å². The van der Waals surface area contributed by atoms with Gasteiger partial charge in [0.05, 0.1) is 6.67 Å². The summed E-state index contributed by atoms with van der Waals surface area (Å²) in [6.07, 6.45) is 3.48. The Bertz CT molecular complexity index is 493. The second-order valence-corrected chi connectivity index (χ2v) is 3.73. The third-order valence-electron chi connectivity index (χ3n) is 2.14. The number of alkyl halides is 1. The smallest absolute Gasteiger partial charge is 0.321 e. The van der Waals surface area contributed by atoms with Gasteiger partial charge in [-0.3, -0.25) is 4.39 Å². The number of aromatic nitrogens is 2. The Kier molecular flexibility index (Phi) is 3.88. The maximum Gasteiger partial charge on any atom is 0.321 e. The van der Waals surface area contributed by atoms with Crippen LogP contribution >= 0.6 is 11.6 Å². The molecule has 0 aliphatic rings. The Hall–Kier alpha value is -1.68. The molecule has 0 N–H and O–H groups in total. The van der Waals surface area contributed by atoms with Crippen molar-refractivity contribution in [3.63, 3.8) is 0 Å². The van der Waals surface area contributed by atoms with E-state index < -0.39 is 6.67 Å². The lowest BCUT2D eigenvalue weighted by Gasteiger charge is -2.06. The fourth-order valence-electron chi connectivity index (χ4n) is 1.34. The molecule has 88 valence electrons. The second kappa shape index (κ2) is 5.59. The van der Waals surface area contributed by atoms with Crippen molar-refractivity contribution < 1.29 is 9.13 Å². The molecule has 0 atom stereocenters. The molecule has 1 aromatic carbocycles. The summed E-state index contributed by atoms with van der Waals surface area (Å²) in [4.78, 5) is 7.85. The van der Waals surface area contributed by atoms with Crippen LogP contribution in [-0.2, 0) is 6.42 Å². The second-order valence-electron chi connectivity index (χ2n) is 3.33. The van der Waals surface area contributed by atoms with Crippen LogP contribution in [0.5, 0.6) is 11.8 Å². The van der Waals surface area contributed by atoms with Gasteiger partial charge in [0.25, 0.3) is 0 Å². The fourth-order valence-corrected chi connectivity index (χ4v) is 1.60. The molecule has 2 rings (SSSR count). The minimum atomic E-state index is -0.429. The lowest BCUT2D eigenvalue weighted by molar-refractivity contribution is 0.441. The van der Waals surface area contributed by atoms with Crippen molar-refractivity contribution in [3.05, 3.63) is 47.2 Å². The predicted octanol–water partition coefficient (Wildman–Crippen LogP) is 3.43. The molecule has 5 heteroatoms. The van der Waals surface area contributed by atoms with Gasteiger partial charge >= 0.3 is 6.01 Å². The van der Waals surface area contributed by atoms with Crippen LogP contribution in [0.4, 0.5) is 4.39 Å². The van der Waals surface area contributed by atoms with Gasteiger partial charge in [0.15, 0.2) is 0 Å². The van der Waals surface area contributed by atoms with Gasteiger partial charge in [0.1, 0.15) is 5.75 Å². The molecular weight excluding hydrogens is 243 g/mol. The molecule has 0 amide bonds. The molecule has 0 saturated heterocycles. The zero-order chi connectivity index (χ0) is 12.1. The molecule has 1 heterocycles. The van der Waals surface area contributed by atoms with Gasteiger partial charge in [0.2, 0.25) is 0 Å². The van der Waals surface area contributed by atoms with Gasteiger partial charge < -0.3 is 4.74 Å². The lowest BCUT2D eigenvalue weighted by Crippen LogP contribution is -1.92. The van der Waals surface area contributed by atoms with E-state index in [0.717, 1.165) is 5.56 Å². The van der Waals surface area contributed by atoms with Gasteiger partial charge in [-0.2, -0.15) is 0 Å². The summed E-state index contributed by atoms with van der Waals surface area (Å²) < 4.78 is 17.6. The first kappa shape index (κ1) is 11.8. The molecule has 3 nitrogen and oxygen atoms in total. The highest BCUT2D eigenvalue weighted by atomic mass is 35.5.